The van der Waals surface area contributed by atoms with Gasteiger partial charge in [-0.05, 0) is 25.0 Å². The normalized spacial score (nSPS) is 15.1. The smallest absolute Gasteiger partial charge is 0.166 e. The van der Waals surface area contributed by atoms with Gasteiger partial charge < -0.3 is 5.32 Å². The molecule has 1 aromatic carbocycles. The van der Waals surface area contributed by atoms with Crippen LogP contribution in [0.5, 0.6) is 0 Å². The molecule has 1 N–H and O–H groups in total. The fraction of sp³-hybridized carbons (Fsp3) is 0.364. The topological polar surface area (TPSA) is 29.1 Å². The Balaban J connectivity index is 2.67. The van der Waals surface area contributed by atoms with E-state index in [9.17, 15) is 4.79 Å². The number of nitrogens with one attached hydrogen (secondary N) is 1. The summed E-state index contributed by atoms with van der Waals surface area (Å²) in [5.41, 5.74) is 4.17. The molecule has 1 aliphatic rings. The van der Waals surface area contributed by atoms with Crippen LogP contribution < -0.4 is 5.32 Å². The Morgan fingerprint density at radius 3 is 2.62 bits per heavy atom. The Bertz CT molecular complexity index is 369. The Labute approximate surface area is 78.0 Å². The largest absolute Gasteiger partial charge is 0.384 e. The van der Waals surface area contributed by atoms with Crippen LogP contribution in [0.1, 0.15) is 27.9 Å². The second-order valence-electron chi connectivity index (χ2n) is 3.55. The number of hydrogen-bond donors (Lipinski definition) is 1. The van der Waals surface area contributed by atoms with Crippen LogP contribution in [0.2, 0.25) is 0 Å². The van der Waals surface area contributed by atoms with Gasteiger partial charge in [0.1, 0.15) is 0 Å². The van der Waals surface area contributed by atoms with Crippen molar-refractivity contribution >= 4 is 11.5 Å². The van der Waals surface area contributed by atoms with Gasteiger partial charge in [0.05, 0.1) is 0 Å². The predicted molar refractivity (Wildman–Crippen MR) is 53.4 cm³/mol. The highest BCUT2D eigenvalue weighted by atomic mass is 16.1. The van der Waals surface area contributed by atoms with Gasteiger partial charge in [-0.15, -0.1) is 0 Å². The zero-order valence-corrected chi connectivity index (χ0v) is 7.98. The molecular formula is C11H13NO. The van der Waals surface area contributed by atoms with E-state index in [1.165, 1.54) is 0 Å². The van der Waals surface area contributed by atoms with Crippen LogP contribution in [0.3, 0.4) is 0 Å². The van der Waals surface area contributed by atoms with E-state index in [1.807, 2.05) is 19.9 Å². The summed E-state index contributed by atoms with van der Waals surface area (Å²) in [6.07, 6.45) is 0.622. The van der Waals surface area contributed by atoms with Crippen molar-refractivity contribution in [3.8, 4) is 0 Å². The summed E-state index contributed by atoms with van der Waals surface area (Å²) in [4.78, 5) is 11.6. The lowest BCUT2D eigenvalue weighted by Crippen LogP contribution is -2.19. The molecule has 0 saturated heterocycles. The van der Waals surface area contributed by atoms with E-state index in [1.54, 1.807) is 0 Å². The highest BCUT2D eigenvalue weighted by molar-refractivity contribution is 6.04. The maximum absolute atomic E-state index is 11.6. The Morgan fingerprint density at radius 2 is 1.92 bits per heavy atom. The van der Waals surface area contributed by atoms with Crippen LogP contribution in [0.25, 0.3) is 0 Å². The third-order valence-corrected chi connectivity index (χ3v) is 2.55. The Kier molecular flexibility index (Phi) is 1.83. The molecule has 0 amide bonds. The minimum Gasteiger partial charge on any atom is -0.384 e. The van der Waals surface area contributed by atoms with Crippen LogP contribution in [0.15, 0.2) is 12.1 Å². The molecular weight excluding hydrogens is 162 g/mol. The molecule has 68 valence electrons. The van der Waals surface area contributed by atoms with E-state index >= 15 is 0 Å². The van der Waals surface area contributed by atoms with E-state index in [0.717, 1.165) is 28.9 Å². The number of benzene rings is 1. The SMILES string of the molecule is Cc1ccc(C)c2c1NCCC2=O. The van der Waals surface area contributed by atoms with E-state index in [4.69, 9.17) is 0 Å². The molecule has 1 aromatic rings. The lowest BCUT2D eigenvalue weighted by Gasteiger charge is -2.20. The van der Waals surface area contributed by atoms with Crippen molar-refractivity contribution in [1.82, 2.24) is 0 Å². The lowest BCUT2D eigenvalue weighted by atomic mass is 9.94. The fourth-order valence-electron chi connectivity index (χ4n) is 1.82. The summed E-state index contributed by atoms with van der Waals surface area (Å²) in [6, 6.07) is 4.07. The highest BCUT2D eigenvalue weighted by Gasteiger charge is 2.19. The maximum atomic E-state index is 11.6. The molecule has 2 nitrogen and oxygen atoms in total. The highest BCUT2D eigenvalue weighted by Crippen LogP contribution is 2.28. The van der Waals surface area contributed by atoms with Gasteiger partial charge in [-0.25, -0.2) is 0 Å². The number of aryl methyl sites for hydroxylation is 2. The zero-order valence-electron chi connectivity index (χ0n) is 7.98. The van der Waals surface area contributed by atoms with E-state index in [2.05, 4.69) is 11.4 Å². The van der Waals surface area contributed by atoms with Crippen molar-refractivity contribution in [2.24, 2.45) is 0 Å². The average Bonchev–Trinajstić information content (AvgIpc) is 2.12. The van der Waals surface area contributed by atoms with Crippen molar-refractivity contribution in [2.75, 3.05) is 11.9 Å². The van der Waals surface area contributed by atoms with Gasteiger partial charge in [-0.1, -0.05) is 12.1 Å². The number of Topliss-reactive ketones (excluding diaryl/α,β-unsaturated/α-hetero) is 1. The first-order valence-electron chi connectivity index (χ1n) is 4.57. The summed E-state index contributed by atoms with van der Waals surface area (Å²) >= 11 is 0. The van der Waals surface area contributed by atoms with E-state index in [-0.39, 0.29) is 5.78 Å². The van der Waals surface area contributed by atoms with Crippen molar-refractivity contribution < 1.29 is 4.79 Å². The lowest BCUT2D eigenvalue weighted by molar-refractivity contribution is 0.0983. The number of anilines is 1. The summed E-state index contributed by atoms with van der Waals surface area (Å²) in [7, 11) is 0. The van der Waals surface area contributed by atoms with Crippen molar-refractivity contribution in [3.63, 3.8) is 0 Å². The molecule has 13 heavy (non-hydrogen) atoms. The molecule has 2 rings (SSSR count). The van der Waals surface area contributed by atoms with Crippen LogP contribution >= 0.6 is 0 Å². The molecule has 2 heteroatoms. The third kappa shape index (κ3) is 1.22. The van der Waals surface area contributed by atoms with E-state index in [0.29, 0.717) is 6.42 Å². The van der Waals surface area contributed by atoms with Gasteiger partial charge >= 0.3 is 0 Å². The Hall–Kier alpha value is -1.31. The number of fused-ring (bicyclic) bond motifs is 1. The van der Waals surface area contributed by atoms with Gasteiger partial charge in [0.15, 0.2) is 5.78 Å². The van der Waals surface area contributed by atoms with Crippen molar-refractivity contribution in [1.29, 1.82) is 0 Å². The van der Waals surface area contributed by atoms with Crippen LogP contribution in [0.4, 0.5) is 5.69 Å². The molecule has 0 saturated carbocycles. The summed E-state index contributed by atoms with van der Waals surface area (Å²) < 4.78 is 0. The van der Waals surface area contributed by atoms with Crippen molar-refractivity contribution in [3.05, 3.63) is 28.8 Å². The molecule has 1 aliphatic heterocycles. The van der Waals surface area contributed by atoms with Crippen molar-refractivity contribution in [2.45, 2.75) is 20.3 Å². The number of ketones is 1. The number of carbonyl (C=O) groups is 1. The number of hydrogen-bond acceptors (Lipinski definition) is 2. The molecule has 0 aliphatic carbocycles. The molecule has 0 spiro atoms. The minimum atomic E-state index is 0.273. The fourth-order valence-corrected chi connectivity index (χ4v) is 1.82. The minimum absolute atomic E-state index is 0.273. The monoisotopic (exact) mass is 175 g/mol. The molecule has 0 unspecified atom stereocenters. The zero-order chi connectivity index (χ0) is 9.42. The first kappa shape index (κ1) is 8.30. The second-order valence-corrected chi connectivity index (χ2v) is 3.55. The van der Waals surface area contributed by atoms with Gasteiger partial charge in [0.25, 0.3) is 0 Å². The van der Waals surface area contributed by atoms with Gasteiger partial charge in [-0.2, -0.15) is 0 Å². The first-order valence-corrected chi connectivity index (χ1v) is 4.57. The van der Waals surface area contributed by atoms with Gasteiger partial charge in [0.2, 0.25) is 0 Å². The van der Waals surface area contributed by atoms with Crippen LogP contribution in [-0.2, 0) is 0 Å². The van der Waals surface area contributed by atoms with Gasteiger partial charge in [0, 0.05) is 24.2 Å². The number of rotatable bonds is 0. The summed E-state index contributed by atoms with van der Waals surface area (Å²) in [5.74, 6) is 0.273. The summed E-state index contributed by atoms with van der Waals surface area (Å²) in [5, 5.41) is 3.28. The quantitative estimate of drug-likeness (QED) is 0.655. The average molecular weight is 175 g/mol. The molecule has 1 heterocycles. The molecule has 0 fully saturated rings. The molecule has 0 bridgehead atoms. The van der Waals surface area contributed by atoms with Gasteiger partial charge in [-0.3, -0.25) is 4.79 Å². The molecule has 0 aromatic heterocycles. The predicted octanol–water partition coefficient (Wildman–Crippen LogP) is 2.30. The third-order valence-electron chi connectivity index (χ3n) is 2.55. The first-order chi connectivity index (χ1) is 6.20. The van der Waals surface area contributed by atoms with E-state index < -0.39 is 0 Å². The van der Waals surface area contributed by atoms with Crippen LogP contribution in [0, 0.1) is 13.8 Å². The summed E-state index contributed by atoms with van der Waals surface area (Å²) in [6.45, 7) is 4.79. The maximum Gasteiger partial charge on any atom is 0.166 e. The second kappa shape index (κ2) is 2.87. The van der Waals surface area contributed by atoms with Crippen LogP contribution in [-0.4, -0.2) is 12.3 Å². The molecule has 0 radical (unpaired) electrons. The Morgan fingerprint density at radius 1 is 1.23 bits per heavy atom. The standard InChI is InChI=1S/C11H13NO/c1-7-3-4-8(2)11-10(7)9(13)5-6-12-11/h3-4,12H,5-6H2,1-2H3. The molecule has 0 atom stereocenters. The number of carbonyl (C=O) groups excluding carboxylic acids is 1.